The minimum absolute atomic E-state index is 0.0657. The van der Waals surface area contributed by atoms with E-state index in [2.05, 4.69) is 16.0 Å². The van der Waals surface area contributed by atoms with Crippen LogP contribution >= 0.6 is 23.2 Å². The van der Waals surface area contributed by atoms with Crippen molar-refractivity contribution in [2.45, 2.75) is 30.6 Å². The molecule has 1 unspecified atom stereocenters. The van der Waals surface area contributed by atoms with Crippen molar-refractivity contribution >= 4 is 40.1 Å². The highest BCUT2D eigenvalue weighted by atomic mass is 35.5. The molecule has 1 amide bonds. The predicted octanol–water partition coefficient (Wildman–Crippen LogP) is 4.51. The van der Waals surface area contributed by atoms with E-state index in [0.717, 1.165) is 35.4 Å². The molecule has 3 aromatic rings. The Bertz CT molecular complexity index is 996. The maximum atomic E-state index is 12.3. The number of aromatic nitrogens is 2. The summed E-state index contributed by atoms with van der Waals surface area (Å²) in [6, 6.07) is 15.6. The lowest BCUT2D eigenvalue weighted by Gasteiger charge is -2.10. The van der Waals surface area contributed by atoms with E-state index < -0.39 is 4.33 Å². The third-order valence-corrected chi connectivity index (χ3v) is 5.93. The Morgan fingerprint density at radius 3 is 2.78 bits per heavy atom. The minimum atomic E-state index is -0.623. The fourth-order valence-corrected chi connectivity index (χ4v) is 3.89. The number of rotatable bonds is 6. The molecule has 0 aliphatic heterocycles. The van der Waals surface area contributed by atoms with Gasteiger partial charge in [-0.2, -0.15) is 0 Å². The summed E-state index contributed by atoms with van der Waals surface area (Å²) in [6.07, 6.45) is 1.45. The Morgan fingerprint density at radius 1 is 1.26 bits per heavy atom. The highest BCUT2D eigenvalue weighted by molar-refractivity contribution is 6.50. The van der Waals surface area contributed by atoms with E-state index in [9.17, 15) is 4.79 Å². The van der Waals surface area contributed by atoms with Gasteiger partial charge in [-0.25, -0.2) is 4.98 Å². The predicted molar refractivity (Wildman–Crippen MR) is 109 cm³/mol. The number of hydrogen-bond acceptors (Lipinski definition) is 2. The van der Waals surface area contributed by atoms with Crippen LogP contribution in [0.2, 0.25) is 0 Å². The Morgan fingerprint density at radius 2 is 2.04 bits per heavy atom. The van der Waals surface area contributed by atoms with Gasteiger partial charge in [0.15, 0.2) is 0 Å². The van der Waals surface area contributed by atoms with Crippen molar-refractivity contribution in [2.24, 2.45) is 5.92 Å². The molecule has 4 nitrogen and oxygen atoms in total. The van der Waals surface area contributed by atoms with Gasteiger partial charge < -0.3 is 9.88 Å². The van der Waals surface area contributed by atoms with Crippen LogP contribution in [0.1, 0.15) is 28.2 Å². The van der Waals surface area contributed by atoms with E-state index in [1.54, 1.807) is 0 Å². The first kappa shape index (κ1) is 18.3. The number of carbonyl (C=O) groups is 1. The molecule has 1 heterocycles. The molecule has 6 heteroatoms. The lowest BCUT2D eigenvalue weighted by atomic mass is 10.1. The molecule has 1 atom stereocenters. The van der Waals surface area contributed by atoms with Crippen LogP contribution < -0.4 is 5.32 Å². The molecule has 0 bridgehead atoms. The molecule has 140 valence electrons. The second-order valence-electron chi connectivity index (χ2n) is 7.16. The quantitative estimate of drug-likeness (QED) is 0.617. The summed E-state index contributed by atoms with van der Waals surface area (Å²) < 4.78 is 1.56. The number of carbonyl (C=O) groups excluding carboxylic acids is 1. The molecule has 0 saturated heterocycles. The maximum Gasteiger partial charge on any atom is 0.251 e. The number of nitrogens with one attached hydrogen (secondary N) is 1. The van der Waals surface area contributed by atoms with Crippen molar-refractivity contribution in [1.29, 1.82) is 0 Å². The number of imidazole rings is 1. The monoisotopic (exact) mass is 401 g/mol. The van der Waals surface area contributed by atoms with Gasteiger partial charge in [-0.05, 0) is 37.6 Å². The van der Waals surface area contributed by atoms with Crippen LogP contribution in [0.4, 0.5) is 0 Å². The van der Waals surface area contributed by atoms with Gasteiger partial charge in [-0.1, -0.05) is 29.8 Å². The van der Waals surface area contributed by atoms with Gasteiger partial charge in [0.1, 0.15) is 10.2 Å². The van der Waals surface area contributed by atoms with Crippen molar-refractivity contribution < 1.29 is 4.79 Å². The summed E-state index contributed by atoms with van der Waals surface area (Å²) in [4.78, 5) is 17.1. The number of fused-ring (bicyclic) bond motifs is 1. The second kappa shape index (κ2) is 7.17. The van der Waals surface area contributed by atoms with Crippen LogP contribution in [0.3, 0.4) is 0 Å². The molecule has 0 spiro atoms. The molecule has 1 aliphatic carbocycles. The number of hydrogen-bond donors (Lipinski definition) is 1. The lowest BCUT2D eigenvalue weighted by molar-refractivity contribution is 0.0954. The molecule has 1 fully saturated rings. The van der Waals surface area contributed by atoms with Crippen LogP contribution in [-0.2, 0) is 13.0 Å². The first-order valence-electron chi connectivity index (χ1n) is 9.11. The molecule has 1 aromatic heterocycles. The first-order valence-corrected chi connectivity index (χ1v) is 9.86. The number of aryl methyl sites for hydroxylation is 1. The molecular formula is C21H21Cl2N3O. The van der Waals surface area contributed by atoms with Gasteiger partial charge in [0.2, 0.25) is 0 Å². The topological polar surface area (TPSA) is 46.9 Å². The molecular weight excluding hydrogens is 381 g/mol. The second-order valence-corrected chi connectivity index (χ2v) is 8.71. The SMILES string of the molecule is Cc1cccc(C(=O)NCCc2nc3ccccc3n2CC2CC2(Cl)Cl)c1. The van der Waals surface area contributed by atoms with Crippen LogP contribution in [-0.4, -0.2) is 26.3 Å². The summed E-state index contributed by atoms with van der Waals surface area (Å²) >= 11 is 12.5. The minimum Gasteiger partial charge on any atom is -0.352 e. The van der Waals surface area contributed by atoms with Gasteiger partial charge in [-0.15, -0.1) is 23.2 Å². The van der Waals surface area contributed by atoms with E-state index in [4.69, 9.17) is 28.2 Å². The van der Waals surface area contributed by atoms with Gasteiger partial charge in [-0.3, -0.25) is 4.79 Å². The third kappa shape index (κ3) is 3.97. The Labute approximate surface area is 168 Å². The summed E-state index contributed by atoms with van der Waals surface area (Å²) in [7, 11) is 0. The van der Waals surface area contributed by atoms with E-state index in [-0.39, 0.29) is 11.8 Å². The third-order valence-electron chi connectivity index (χ3n) is 5.01. The first-order chi connectivity index (χ1) is 12.9. The Hall–Kier alpha value is -2.04. The zero-order chi connectivity index (χ0) is 19.0. The molecule has 1 saturated carbocycles. The average molecular weight is 402 g/mol. The van der Waals surface area contributed by atoms with Crippen molar-refractivity contribution in [1.82, 2.24) is 14.9 Å². The Kier molecular flexibility index (Phi) is 4.87. The normalized spacial score (nSPS) is 17.8. The van der Waals surface area contributed by atoms with Crippen LogP contribution in [0.5, 0.6) is 0 Å². The standard InChI is InChI=1S/C21H21Cl2N3O/c1-14-5-4-6-15(11-14)20(27)24-10-9-19-25-17-7-2-3-8-18(17)26(19)13-16-12-21(16,22)23/h2-8,11,16H,9-10,12-13H2,1H3,(H,24,27). The van der Waals surface area contributed by atoms with E-state index in [1.165, 1.54) is 0 Å². The fraction of sp³-hybridized carbons (Fsp3) is 0.333. The van der Waals surface area contributed by atoms with Gasteiger partial charge >= 0.3 is 0 Å². The van der Waals surface area contributed by atoms with Gasteiger partial charge in [0.25, 0.3) is 5.91 Å². The van der Waals surface area contributed by atoms with Crippen molar-refractivity contribution in [2.75, 3.05) is 6.54 Å². The summed E-state index contributed by atoms with van der Waals surface area (Å²) in [6.45, 7) is 3.24. The van der Waals surface area contributed by atoms with Crippen molar-refractivity contribution in [3.63, 3.8) is 0 Å². The molecule has 27 heavy (non-hydrogen) atoms. The molecule has 0 radical (unpaired) electrons. The largest absolute Gasteiger partial charge is 0.352 e. The number of amides is 1. The zero-order valence-corrected chi connectivity index (χ0v) is 16.6. The summed E-state index contributed by atoms with van der Waals surface area (Å²) in [5.41, 5.74) is 3.77. The number of halogens is 2. The summed E-state index contributed by atoms with van der Waals surface area (Å²) in [5, 5.41) is 2.99. The van der Waals surface area contributed by atoms with E-state index in [1.807, 2.05) is 49.4 Å². The van der Waals surface area contributed by atoms with E-state index in [0.29, 0.717) is 18.5 Å². The maximum absolute atomic E-state index is 12.3. The Balaban J connectivity index is 1.47. The van der Waals surface area contributed by atoms with Crippen molar-refractivity contribution in [3.05, 3.63) is 65.5 Å². The highest BCUT2D eigenvalue weighted by Gasteiger charge is 2.51. The number of para-hydroxylation sites is 2. The smallest absolute Gasteiger partial charge is 0.251 e. The summed E-state index contributed by atoms with van der Waals surface area (Å²) in [5.74, 6) is 1.11. The van der Waals surface area contributed by atoms with Crippen LogP contribution in [0.15, 0.2) is 48.5 Å². The number of alkyl halides is 2. The van der Waals surface area contributed by atoms with Crippen molar-refractivity contribution in [3.8, 4) is 0 Å². The van der Waals surface area contributed by atoms with Crippen LogP contribution in [0.25, 0.3) is 11.0 Å². The molecule has 1 N–H and O–H groups in total. The van der Waals surface area contributed by atoms with E-state index >= 15 is 0 Å². The highest BCUT2D eigenvalue weighted by Crippen LogP contribution is 2.54. The van der Waals surface area contributed by atoms with Gasteiger partial charge in [0, 0.05) is 31.0 Å². The number of benzene rings is 2. The molecule has 2 aromatic carbocycles. The molecule has 4 rings (SSSR count). The molecule has 1 aliphatic rings. The lowest BCUT2D eigenvalue weighted by Crippen LogP contribution is -2.26. The number of nitrogens with zero attached hydrogens (tertiary/aromatic N) is 2. The van der Waals surface area contributed by atoms with Crippen LogP contribution in [0, 0.1) is 12.8 Å². The zero-order valence-electron chi connectivity index (χ0n) is 15.1. The van der Waals surface area contributed by atoms with Gasteiger partial charge in [0.05, 0.1) is 11.0 Å². The average Bonchev–Trinajstić information content (AvgIpc) is 3.09. The fourth-order valence-electron chi connectivity index (χ4n) is 3.38.